The van der Waals surface area contributed by atoms with E-state index in [1.807, 2.05) is 0 Å². The van der Waals surface area contributed by atoms with Crippen LogP contribution in [0.15, 0.2) is 36.4 Å². The molecule has 19 heavy (non-hydrogen) atoms. The third kappa shape index (κ3) is 4.13. The number of rotatable bonds is 6. The topological polar surface area (TPSA) is 72.8 Å². The fourth-order valence-corrected chi connectivity index (χ4v) is 1.33. The van der Waals surface area contributed by atoms with Crippen molar-refractivity contribution in [1.82, 2.24) is 0 Å². The van der Waals surface area contributed by atoms with Crippen LogP contribution in [-0.2, 0) is 20.9 Å². The van der Waals surface area contributed by atoms with Gasteiger partial charge in [-0.2, -0.15) is 0 Å². The molecule has 0 fully saturated rings. The van der Waals surface area contributed by atoms with E-state index in [9.17, 15) is 9.59 Å². The van der Waals surface area contributed by atoms with E-state index in [-0.39, 0.29) is 12.2 Å². The number of hydrogen-bond donors (Lipinski definition) is 1. The fraction of sp³-hybridized carbons (Fsp3) is 0.286. The Morgan fingerprint density at radius 3 is 2.37 bits per heavy atom. The van der Waals surface area contributed by atoms with Crippen molar-refractivity contribution in [1.29, 1.82) is 0 Å². The molecule has 1 atom stereocenters. The summed E-state index contributed by atoms with van der Waals surface area (Å²) in [6.07, 6.45) is 0. The fourth-order valence-electron chi connectivity index (χ4n) is 1.33. The molecule has 102 valence electrons. The van der Waals surface area contributed by atoms with E-state index in [1.165, 1.54) is 6.92 Å². The highest BCUT2D eigenvalue weighted by Gasteiger charge is 2.22. The van der Waals surface area contributed by atoms with E-state index in [2.05, 4.69) is 6.58 Å². The van der Waals surface area contributed by atoms with Crippen LogP contribution in [0.5, 0.6) is 5.75 Å². The van der Waals surface area contributed by atoms with Crippen LogP contribution < -0.4 is 4.74 Å². The molecule has 0 saturated carbocycles. The van der Waals surface area contributed by atoms with Gasteiger partial charge in [0.2, 0.25) is 0 Å². The number of carbonyl (C=O) groups excluding carboxylic acids is 1. The molecule has 1 unspecified atom stereocenters. The van der Waals surface area contributed by atoms with Crippen molar-refractivity contribution in [2.45, 2.75) is 13.5 Å². The monoisotopic (exact) mass is 264 g/mol. The molecule has 0 heterocycles. The molecule has 0 amide bonds. The van der Waals surface area contributed by atoms with Gasteiger partial charge in [0.1, 0.15) is 12.4 Å². The molecular formula is C14H16O5. The molecule has 0 aromatic heterocycles. The van der Waals surface area contributed by atoms with Crippen LogP contribution in [0.4, 0.5) is 0 Å². The lowest BCUT2D eigenvalue weighted by Gasteiger charge is -2.11. The van der Waals surface area contributed by atoms with E-state index in [1.54, 1.807) is 31.4 Å². The zero-order valence-corrected chi connectivity index (χ0v) is 10.9. The SMILES string of the molecule is C=C(C(=O)O)C(C)C(=O)OCc1ccc(OC)cc1. The van der Waals surface area contributed by atoms with Crippen molar-refractivity contribution in [3.05, 3.63) is 42.0 Å². The second-order valence-electron chi connectivity index (χ2n) is 4.01. The number of methoxy groups -OCH3 is 1. The number of benzene rings is 1. The van der Waals surface area contributed by atoms with Crippen LogP contribution in [0.25, 0.3) is 0 Å². The predicted octanol–water partition coefficient (Wildman–Crippen LogP) is 2.02. The van der Waals surface area contributed by atoms with Gasteiger partial charge in [0.15, 0.2) is 0 Å². The Kier molecular flexibility index (Phi) is 5.11. The summed E-state index contributed by atoms with van der Waals surface area (Å²) in [4.78, 5) is 22.3. The van der Waals surface area contributed by atoms with Gasteiger partial charge in [-0.15, -0.1) is 0 Å². The van der Waals surface area contributed by atoms with Crippen LogP contribution in [0.1, 0.15) is 12.5 Å². The molecule has 0 aliphatic heterocycles. The lowest BCUT2D eigenvalue weighted by molar-refractivity contribution is -0.150. The van der Waals surface area contributed by atoms with Gasteiger partial charge in [-0.25, -0.2) is 4.79 Å². The summed E-state index contributed by atoms with van der Waals surface area (Å²) < 4.78 is 10.0. The van der Waals surface area contributed by atoms with Crippen molar-refractivity contribution in [3.63, 3.8) is 0 Å². The Bertz CT molecular complexity index is 475. The van der Waals surface area contributed by atoms with Gasteiger partial charge in [-0.05, 0) is 24.6 Å². The Morgan fingerprint density at radius 1 is 1.32 bits per heavy atom. The number of carbonyl (C=O) groups is 2. The van der Waals surface area contributed by atoms with E-state index >= 15 is 0 Å². The molecule has 5 nitrogen and oxygen atoms in total. The lowest BCUT2D eigenvalue weighted by atomic mass is 10.0. The number of esters is 1. The molecule has 1 N–H and O–H groups in total. The molecule has 0 spiro atoms. The van der Waals surface area contributed by atoms with E-state index in [0.717, 1.165) is 5.56 Å². The first-order chi connectivity index (χ1) is 8.95. The van der Waals surface area contributed by atoms with Crippen LogP contribution in [-0.4, -0.2) is 24.2 Å². The van der Waals surface area contributed by atoms with Gasteiger partial charge >= 0.3 is 11.9 Å². The quantitative estimate of drug-likeness (QED) is 0.628. The first-order valence-corrected chi connectivity index (χ1v) is 5.67. The predicted molar refractivity (Wildman–Crippen MR) is 68.7 cm³/mol. The van der Waals surface area contributed by atoms with Crippen molar-refractivity contribution >= 4 is 11.9 Å². The number of carboxylic acid groups (broad SMARTS) is 1. The Hall–Kier alpha value is -2.30. The standard InChI is InChI=1S/C14H16O5/c1-9(13(15)16)10(2)14(17)19-8-11-4-6-12(18-3)7-5-11/h4-7,10H,1,8H2,2-3H3,(H,15,16). The largest absolute Gasteiger partial charge is 0.497 e. The van der Waals surface area contributed by atoms with E-state index in [4.69, 9.17) is 14.6 Å². The summed E-state index contributed by atoms with van der Waals surface area (Å²) in [6, 6.07) is 7.04. The minimum atomic E-state index is -1.20. The van der Waals surface area contributed by atoms with Gasteiger partial charge in [-0.3, -0.25) is 4.79 Å². The van der Waals surface area contributed by atoms with Crippen LogP contribution in [0, 0.1) is 5.92 Å². The lowest BCUT2D eigenvalue weighted by Crippen LogP contribution is -2.20. The van der Waals surface area contributed by atoms with E-state index < -0.39 is 17.9 Å². The summed E-state index contributed by atoms with van der Waals surface area (Å²) in [5, 5.41) is 8.72. The summed E-state index contributed by atoms with van der Waals surface area (Å²) in [5.41, 5.74) is 0.613. The third-order valence-corrected chi connectivity index (χ3v) is 2.69. The zero-order valence-electron chi connectivity index (χ0n) is 10.9. The molecule has 1 aromatic carbocycles. The van der Waals surface area contributed by atoms with Crippen LogP contribution in [0.2, 0.25) is 0 Å². The van der Waals surface area contributed by atoms with E-state index in [0.29, 0.717) is 5.75 Å². The number of hydrogen-bond acceptors (Lipinski definition) is 4. The molecule has 0 bridgehead atoms. The summed E-state index contributed by atoms with van der Waals surface area (Å²) in [6.45, 7) is 4.87. The minimum absolute atomic E-state index is 0.0834. The first kappa shape index (κ1) is 14.8. The van der Waals surface area contributed by atoms with Crippen LogP contribution in [0.3, 0.4) is 0 Å². The third-order valence-electron chi connectivity index (χ3n) is 2.69. The van der Waals surface area contributed by atoms with Gasteiger partial charge in [0.25, 0.3) is 0 Å². The van der Waals surface area contributed by atoms with Gasteiger partial charge in [0.05, 0.1) is 13.0 Å². The number of carboxylic acids is 1. The summed E-state index contributed by atoms with van der Waals surface area (Å²) in [7, 11) is 1.56. The first-order valence-electron chi connectivity index (χ1n) is 5.67. The maximum Gasteiger partial charge on any atom is 0.331 e. The van der Waals surface area contributed by atoms with Crippen molar-refractivity contribution in [3.8, 4) is 5.75 Å². The molecule has 0 saturated heterocycles. The average molecular weight is 264 g/mol. The highest BCUT2D eigenvalue weighted by atomic mass is 16.5. The second kappa shape index (κ2) is 6.58. The highest BCUT2D eigenvalue weighted by molar-refractivity contribution is 5.93. The smallest absolute Gasteiger partial charge is 0.331 e. The molecular weight excluding hydrogens is 248 g/mol. The molecule has 1 rings (SSSR count). The molecule has 1 aromatic rings. The summed E-state index contributed by atoms with van der Waals surface area (Å²) in [5.74, 6) is -1.96. The molecule has 5 heteroatoms. The zero-order chi connectivity index (χ0) is 14.4. The van der Waals surface area contributed by atoms with Gasteiger partial charge in [-0.1, -0.05) is 18.7 Å². The maximum absolute atomic E-state index is 11.6. The summed E-state index contributed by atoms with van der Waals surface area (Å²) >= 11 is 0. The van der Waals surface area contributed by atoms with Crippen molar-refractivity contribution in [2.24, 2.45) is 5.92 Å². The molecule has 0 aliphatic carbocycles. The van der Waals surface area contributed by atoms with Crippen molar-refractivity contribution in [2.75, 3.05) is 7.11 Å². The van der Waals surface area contributed by atoms with Crippen LogP contribution >= 0.6 is 0 Å². The minimum Gasteiger partial charge on any atom is -0.497 e. The normalized spacial score (nSPS) is 11.5. The molecule has 0 radical (unpaired) electrons. The van der Waals surface area contributed by atoms with Gasteiger partial charge < -0.3 is 14.6 Å². The Labute approximate surface area is 111 Å². The molecule has 0 aliphatic rings. The second-order valence-corrected chi connectivity index (χ2v) is 4.01. The highest BCUT2D eigenvalue weighted by Crippen LogP contribution is 2.14. The Balaban J connectivity index is 2.53. The van der Waals surface area contributed by atoms with Crippen molar-refractivity contribution < 1.29 is 24.2 Å². The maximum atomic E-state index is 11.6. The van der Waals surface area contributed by atoms with Gasteiger partial charge in [0, 0.05) is 5.57 Å². The Morgan fingerprint density at radius 2 is 1.89 bits per heavy atom. The average Bonchev–Trinajstić information content (AvgIpc) is 2.43. The number of ether oxygens (including phenoxy) is 2. The number of aliphatic carboxylic acids is 1.